The number of hydrogen-bond acceptors (Lipinski definition) is 2. The van der Waals surface area contributed by atoms with Crippen molar-refractivity contribution in [2.75, 3.05) is 26.2 Å². The van der Waals surface area contributed by atoms with Gasteiger partial charge in [-0.25, -0.2) is 0 Å². The molecule has 0 aromatic heterocycles. The van der Waals surface area contributed by atoms with Crippen molar-refractivity contribution < 1.29 is 0 Å². The Kier molecular flexibility index (Phi) is 6.00. The van der Waals surface area contributed by atoms with Gasteiger partial charge in [-0.2, -0.15) is 0 Å². The molecule has 2 saturated heterocycles. The van der Waals surface area contributed by atoms with Crippen LogP contribution in [0, 0.1) is 11.8 Å². The summed E-state index contributed by atoms with van der Waals surface area (Å²) in [7, 11) is 0. The molecule has 144 valence electrons. The Morgan fingerprint density at radius 3 is 1.88 bits per heavy atom. The maximum Gasteiger partial charge on any atom is 0.0120 e. The molecule has 0 radical (unpaired) electrons. The van der Waals surface area contributed by atoms with Crippen LogP contribution in [0.15, 0.2) is 30.3 Å². The van der Waals surface area contributed by atoms with Gasteiger partial charge in [0.05, 0.1) is 0 Å². The zero-order valence-electron chi connectivity index (χ0n) is 16.9. The second kappa shape index (κ2) is 8.44. The molecular formula is C24H38N2. The van der Waals surface area contributed by atoms with Crippen molar-refractivity contribution in [2.24, 2.45) is 11.8 Å². The third-order valence-corrected chi connectivity index (χ3v) is 7.40. The summed E-state index contributed by atoms with van der Waals surface area (Å²) in [5, 5.41) is 0. The number of benzene rings is 1. The molecule has 0 bridgehead atoms. The topological polar surface area (TPSA) is 6.48 Å². The first kappa shape index (κ1) is 18.5. The van der Waals surface area contributed by atoms with E-state index in [1.165, 1.54) is 71.1 Å². The monoisotopic (exact) mass is 354 g/mol. The van der Waals surface area contributed by atoms with Gasteiger partial charge in [0, 0.05) is 25.2 Å². The Balaban J connectivity index is 1.24. The van der Waals surface area contributed by atoms with Gasteiger partial charge in [-0.15, -0.1) is 0 Å². The average molecular weight is 355 g/mol. The van der Waals surface area contributed by atoms with Gasteiger partial charge in [0.1, 0.15) is 0 Å². The fourth-order valence-corrected chi connectivity index (χ4v) is 6.12. The third-order valence-electron chi connectivity index (χ3n) is 7.40. The van der Waals surface area contributed by atoms with Gasteiger partial charge in [0.25, 0.3) is 0 Å². The first-order valence-corrected chi connectivity index (χ1v) is 11.2. The quantitative estimate of drug-likeness (QED) is 0.740. The molecular weight excluding hydrogens is 316 g/mol. The Bertz CT molecular complexity index is 531. The first-order valence-electron chi connectivity index (χ1n) is 11.2. The maximum atomic E-state index is 2.84. The van der Waals surface area contributed by atoms with Crippen molar-refractivity contribution in [3.05, 3.63) is 35.9 Å². The van der Waals surface area contributed by atoms with E-state index in [9.17, 15) is 0 Å². The molecule has 1 aliphatic carbocycles. The minimum absolute atomic E-state index is 0.807. The normalized spacial score (nSPS) is 35.5. The smallest absolute Gasteiger partial charge is 0.0120 e. The fraction of sp³-hybridized carbons (Fsp3) is 0.750. The lowest BCUT2D eigenvalue weighted by Gasteiger charge is -2.46. The van der Waals surface area contributed by atoms with Gasteiger partial charge in [0.2, 0.25) is 0 Å². The second-order valence-electron chi connectivity index (χ2n) is 9.58. The number of piperidine rings is 2. The zero-order valence-corrected chi connectivity index (χ0v) is 16.9. The van der Waals surface area contributed by atoms with E-state index in [1.54, 1.807) is 5.56 Å². The number of nitrogens with zero attached hydrogens (tertiary/aromatic N) is 2. The minimum atomic E-state index is 0.807. The molecule has 2 aliphatic heterocycles. The predicted molar refractivity (Wildman–Crippen MR) is 111 cm³/mol. The molecule has 2 heterocycles. The standard InChI is InChI=1S/C24H38N2/c1-19-16-20(2)18-26(17-19)24-12-14-25(15-13-24)23-10-8-22(9-11-23)21-6-4-3-5-7-21/h3-7,19-20,22-24H,8-18H2,1-2H3/t19-,20+,22?,23?. The Morgan fingerprint density at radius 2 is 1.27 bits per heavy atom. The van der Waals surface area contributed by atoms with Crippen molar-refractivity contribution in [3.63, 3.8) is 0 Å². The average Bonchev–Trinajstić information content (AvgIpc) is 2.68. The lowest BCUT2D eigenvalue weighted by atomic mass is 9.80. The van der Waals surface area contributed by atoms with E-state index in [2.05, 4.69) is 54.0 Å². The molecule has 1 aromatic carbocycles. The van der Waals surface area contributed by atoms with Crippen LogP contribution in [0.5, 0.6) is 0 Å². The van der Waals surface area contributed by atoms with Crippen molar-refractivity contribution >= 4 is 0 Å². The second-order valence-corrected chi connectivity index (χ2v) is 9.58. The van der Waals surface area contributed by atoms with Gasteiger partial charge in [0.15, 0.2) is 0 Å². The molecule has 3 fully saturated rings. The van der Waals surface area contributed by atoms with E-state index in [-0.39, 0.29) is 0 Å². The van der Waals surface area contributed by atoms with E-state index in [4.69, 9.17) is 0 Å². The molecule has 26 heavy (non-hydrogen) atoms. The van der Waals surface area contributed by atoms with Crippen molar-refractivity contribution in [1.82, 2.24) is 9.80 Å². The van der Waals surface area contributed by atoms with E-state index >= 15 is 0 Å². The van der Waals surface area contributed by atoms with Crippen LogP contribution in [0.2, 0.25) is 0 Å². The maximum absolute atomic E-state index is 2.84. The van der Waals surface area contributed by atoms with E-state index < -0.39 is 0 Å². The molecule has 0 amide bonds. The Morgan fingerprint density at radius 1 is 0.692 bits per heavy atom. The minimum Gasteiger partial charge on any atom is -0.300 e. The predicted octanol–water partition coefficient (Wildman–Crippen LogP) is 5.16. The van der Waals surface area contributed by atoms with Gasteiger partial charge in [-0.1, -0.05) is 44.2 Å². The first-order chi connectivity index (χ1) is 12.7. The number of rotatable bonds is 3. The van der Waals surface area contributed by atoms with Crippen LogP contribution in [0.3, 0.4) is 0 Å². The summed E-state index contributed by atoms with van der Waals surface area (Å²) in [6.45, 7) is 10.3. The summed E-state index contributed by atoms with van der Waals surface area (Å²) in [5.41, 5.74) is 1.57. The largest absolute Gasteiger partial charge is 0.300 e. The molecule has 3 aliphatic rings. The number of likely N-dealkylation sites (tertiary alicyclic amines) is 2. The van der Waals surface area contributed by atoms with Crippen LogP contribution in [0.25, 0.3) is 0 Å². The molecule has 0 unspecified atom stereocenters. The molecule has 1 saturated carbocycles. The molecule has 0 N–H and O–H groups in total. The van der Waals surface area contributed by atoms with Crippen molar-refractivity contribution in [3.8, 4) is 0 Å². The lowest BCUT2D eigenvalue weighted by molar-refractivity contribution is 0.0358. The van der Waals surface area contributed by atoms with Crippen LogP contribution in [-0.4, -0.2) is 48.1 Å². The Labute approximate surface area is 161 Å². The van der Waals surface area contributed by atoms with Crippen LogP contribution in [0.1, 0.15) is 70.3 Å². The van der Waals surface area contributed by atoms with Crippen molar-refractivity contribution in [1.29, 1.82) is 0 Å². The zero-order chi connectivity index (χ0) is 17.9. The van der Waals surface area contributed by atoms with E-state index in [0.717, 1.165) is 29.8 Å². The lowest BCUT2D eigenvalue weighted by Crippen LogP contribution is -2.52. The summed E-state index contributed by atoms with van der Waals surface area (Å²) in [6, 6.07) is 12.9. The molecule has 2 nitrogen and oxygen atoms in total. The third kappa shape index (κ3) is 4.34. The number of hydrogen-bond donors (Lipinski definition) is 0. The van der Waals surface area contributed by atoms with Gasteiger partial charge in [-0.3, -0.25) is 4.90 Å². The van der Waals surface area contributed by atoms with E-state index in [0.29, 0.717) is 0 Å². The highest BCUT2D eigenvalue weighted by molar-refractivity contribution is 5.20. The van der Waals surface area contributed by atoms with Crippen LogP contribution in [0.4, 0.5) is 0 Å². The summed E-state index contributed by atoms with van der Waals surface area (Å²) in [6.07, 6.45) is 9.81. The summed E-state index contributed by atoms with van der Waals surface area (Å²) >= 11 is 0. The summed E-state index contributed by atoms with van der Waals surface area (Å²) < 4.78 is 0. The highest BCUT2D eigenvalue weighted by atomic mass is 15.2. The van der Waals surface area contributed by atoms with Gasteiger partial charge < -0.3 is 4.90 Å². The molecule has 4 rings (SSSR count). The SMILES string of the molecule is C[C@@H]1C[C@H](C)CN(C2CCN(C3CCC(c4ccccc4)CC3)CC2)C1. The molecule has 2 heteroatoms. The van der Waals surface area contributed by atoms with E-state index in [1.807, 2.05) is 0 Å². The highest BCUT2D eigenvalue weighted by Crippen LogP contribution is 2.36. The van der Waals surface area contributed by atoms with Gasteiger partial charge in [-0.05, 0) is 81.4 Å². The summed E-state index contributed by atoms with van der Waals surface area (Å²) in [4.78, 5) is 5.68. The Hall–Kier alpha value is -0.860. The molecule has 2 atom stereocenters. The molecule has 0 spiro atoms. The van der Waals surface area contributed by atoms with Crippen molar-refractivity contribution in [2.45, 2.75) is 76.8 Å². The highest BCUT2D eigenvalue weighted by Gasteiger charge is 2.33. The van der Waals surface area contributed by atoms with Crippen LogP contribution < -0.4 is 0 Å². The summed E-state index contributed by atoms with van der Waals surface area (Å²) in [5.74, 6) is 2.59. The van der Waals surface area contributed by atoms with Crippen LogP contribution in [-0.2, 0) is 0 Å². The fourth-order valence-electron chi connectivity index (χ4n) is 6.12. The van der Waals surface area contributed by atoms with Gasteiger partial charge >= 0.3 is 0 Å². The van der Waals surface area contributed by atoms with Crippen LogP contribution >= 0.6 is 0 Å². The molecule has 1 aromatic rings.